The zero-order valence-electron chi connectivity index (χ0n) is 6.44. The fourth-order valence-electron chi connectivity index (χ4n) is 0.769. The lowest BCUT2D eigenvalue weighted by Crippen LogP contribution is -1.98. The maximum absolute atomic E-state index is 11.5. The Hall–Kier alpha value is 0.400. The molecule has 0 aromatic rings. The van der Waals surface area contributed by atoms with Crippen LogP contribution < -0.4 is 0 Å². The van der Waals surface area contributed by atoms with E-state index in [2.05, 4.69) is 4.08 Å². The fraction of sp³-hybridized carbons (Fsp3) is 1.00. The molecule has 2 aliphatic carbocycles. The van der Waals surface area contributed by atoms with Gasteiger partial charge in [-0.3, -0.25) is 9.05 Å². The summed E-state index contributed by atoms with van der Waals surface area (Å²) in [6.07, 6.45) is 3.70. The molecular formula is C6H10ClO4P. The van der Waals surface area contributed by atoms with Crippen molar-refractivity contribution in [1.82, 2.24) is 0 Å². The molecule has 0 aromatic carbocycles. The molecule has 6 heteroatoms. The van der Waals surface area contributed by atoms with Crippen LogP contribution in [0.2, 0.25) is 0 Å². The Bertz CT molecular complexity index is 196. The normalized spacial score (nSPS) is 24.4. The van der Waals surface area contributed by atoms with E-state index in [0.29, 0.717) is 0 Å². The summed E-state index contributed by atoms with van der Waals surface area (Å²) in [6, 6.07) is 0. The number of hydrogen-bond acceptors (Lipinski definition) is 4. The predicted octanol–water partition coefficient (Wildman–Crippen LogP) is 2.62. The van der Waals surface area contributed by atoms with Crippen molar-refractivity contribution in [1.29, 1.82) is 0 Å². The molecule has 70 valence electrons. The molecule has 0 amide bonds. The molecule has 0 saturated heterocycles. The van der Waals surface area contributed by atoms with Crippen molar-refractivity contribution in [2.75, 3.05) is 0 Å². The molecule has 2 saturated carbocycles. The van der Waals surface area contributed by atoms with Gasteiger partial charge in [0.25, 0.3) is 0 Å². The Kier molecular flexibility index (Phi) is 2.45. The Morgan fingerprint density at radius 2 is 1.50 bits per heavy atom. The first kappa shape index (κ1) is 8.97. The second kappa shape index (κ2) is 3.28. The molecule has 0 bridgehead atoms. The summed E-state index contributed by atoms with van der Waals surface area (Å²) in [6.45, 7) is 0. The van der Waals surface area contributed by atoms with E-state index >= 15 is 0 Å². The van der Waals surface area contributed by atoms with E-state index in [1.54, 1.807) is 0 Å². The van der Waals surface area contributed by atoms with Crippen molar-refractivity contribution in [3.63, 3.8) is 0 Å². The first-order valence-electron chi connectivity index (χ1n) is 3.99. The van der Waals surface area contributed by atoms with Crippen LogP contribution in [0.1, 0.15) is 25.7 Å². The fourth-order valence-corrected chi connectivity index (χ4v) is 2.23. The quantitative estimate of drug-likeness (QED) is 0.657. The van der Waals surface area contributed by atoms with E-state index < -0.39 is 7.82 Å². The van der Waals surface area contributed by atoms with Crippen LogP contribution in [0.25, 0.3) is 0 Å². The molecule has 0 radical (unpaired) electrons. The van der Waals surface area contributed by atoms with Crippen LogP contribution in [0, 0.1) is 0 Å². The third kappa shape index (κ3) is 2.44. The lowest BCUT2D eigenvalue weighted by molar-refractivity contribution is 0.145. The zero-order chi connectivity index (χ0) is 8.60. The van der Waals surface area contributed by atoms with Gasteiger partial charge < -0.3 is 0 Å². The first-order valence-corrected chi connectivity index (χ1v) is 5.76. The summed E-state index contributed by atoms with van der Waals surface area (Å²) < 4.78 is 25.8. The lowest BCUT2D eigenvalue weighted by Gasteiger charge is -2.12. The molecule has 2 aliphatic rings. The van der Waals surface area contributed by atoms with Gasteiger partial charge >= 0.3 is 7.82 Å². The first-order chi connectivity index (χ1) is 5.72. The maximum atomic E-state index is 11.5. The van der Waals surface area contributed by atoms with E-state index in [1.807, 2.05) is 0 Å². The summed E-state index contributed by atoms with van der Waals surface area (Å²) in [5.41, 5.74) is 0. The molecule has 2 fully saturated rings. The summed E-state index contributed by atoms with van der Waals surface area (Å²) in [5, 5.41) is 0. The molecule has 12 heavy (non-hydrogen) atoms. The van der Waals surface area contributed by atoms with Gasteiger partial charge in [0.05, 0.1) is 24.1 Å². The van der Waals surface area contributed by atoms with Crippen LogP contribution in [0.3, 0.4) is 0 Å². The summed E-state index contributed by atoms with van der Waals surface area (Å²) in [5.74, 6) is 0. The largest absolute Gasteiger partial charge is 0.491 e. The van der Waals surface area contributed by atoms with Crippen molar-refractivity contribution in [2.45, 2.75) is 37.9 Å². The van der Waals surface area contributed by atoms with Crippen molar-refractivity contribution in [3.8, 4) is 0 Å². The van der Waals surface area contributed by atoms with Crippen LogP contribution >= 0.6 is 19.7 Å². The van der Waals surface area contributed by atoms with Gasteiger partial charge in [0.15, 0.2) is 0 Å². The standard InChI is InChI=1S/C6H10ClO4P/c7-11-12(8,9-5-1-2-5)10-6-3-4-6/h5-6H,1-4H2. The van der Waals surface area contributed by atoms with Gasteiger partial charge in [-0.05, 0) is 25.7 Å². The second-order valence-electron chi connectivity index (χ2n) is 3.13. The van der Waals surface area contributed by atoms with Gasteiger partial charge in [0, 0.05) is 0 Å². The van der Waals surface area contributed by atoms with Crippen LogP contribution in [0.15, 0.2) is 0 Å². The Balaban J connectivity index is 1.86. The van der Waals surface area contributed by atoms with Gasteiger partial charge in [0.1, 0.15) is 0 Å². The minimum atomic E-state index is -3.42. The van der Waals surface area contributed by atoms with E-state index in [0.717, 1.165) is 25.7 Å². The molecule has 0 N–H and O–H groups in total. The van der Waals surface area contributed by atoms with Crippen LogP contribution in [0.5, 0.6) is 0 Å². The van der Waals surface area contributed by atoms with E-state index in [4.69, 9.17) is 20.9 Å². The van der Waals surface area contributed by atoms with Crippen LogP contribution in [-0.2, 0) is 17.7 Å². The Labute approximate surface area is 75.9 Å². The van der Waals surface area contributed by atoms with Gasteiger partial charge in [-0.1, -0.05) is 0 Å². The molecule has 0 spiro atoms. The SMILES string of the molecule is O=P(OCl)(OC1CC1)OC1CC1. The third-order valence-electron chi connectivity index (χ3n) is 1.69. The molecule has 4 nitrogen and oxygen atoms in total. The maximum Gasteiger partial charge on any atom is 0.491 e. The highest BCUT2D eigenvalue weighted by Gasteiger charge is 2.41. The molecule has 0 aliphatic heterocycles. The summed E-state index contributed by atoms with van der Waals surface area (Å²) in [7, 11) is -3.42. The smallest absolute Gasteiger partial charge is 0.283 e. The molecule has 0 unspecified atom stereocenters. The summed E-state index contributed by atoms with van der Waals surface area (Å²) >= 11 is 5.04. The van der Waals surface area contributed by atoms with Crippen molar-refractivity contribution in [3.05, 3.63) is 0 Å². The average molecular weight is 213 g/mol. The highest BCUT2D eigenvalue weighted by molar-refractivity contribution is 7.49. The van der Waals surface area contributed by atoms with Gasteiger partial charge in [-0.2, -0.15) is 4.08 Å². The number of phosphoric ester groups is 1. The lowest BCUT2D eigenvalue weighted by atomic mass is 10.9. The molecular weight excluding hydrogens is 202 g/mol. The molecule has 0 atom stereocenters. The summed E-state index contributed by atoms with van der Waals surface area (Å²) in [4.78, 5) is 0. The van der Waals surface area contributed by atoms with Gasteiger partial charge in [-0.25, -0.2) is 4.57 Å². The molecule has 2 rings (SSSR count). The number of phosphoric acid groups is 1. The van der Waals surface area contributed by atoms with E-state index in [9.17, 15) is 4.57 Å². The topological polar surface area (TPSA) is 44.8 Å². The molecule has 0 aromatic heterocycles. The predicted molar refractivity (Wildman–Crippen MR) is 42.8 cm³/mol. The number of halogens is 1. The number of hydrogen-bond donors (Lipinski definition) is 0. The monoisotopic (exact) mass is 212 g/mol. The van der Waals surface area contributed by atoms with Crippen molar-refractivity contribution in [2.24, 2.45) is 0 Å². The van der Waals surface area contributed by atoms with Crippen molar-refractivity contribution >= 4 is 19.7 Å². The Morgan fingerprint density at radius 1 is 1.08 bits per heavy atom. The highest BCUT2D eigenvalue weighted by Crippen LogP contribution is 2.58. The van der Waals surface area contributed by atoms with Crippen LogP contribution in [0.4, 0.5) is 0 Å². The van der Waals surface area contributed by atoms with E-state index in [1.165, 1.54) is 0 Å². The van der Waals surface area contributed by atoms with E-state index in [-0.39, 0.29) is 12.2 Å². The average Bonchev–Trinajstić information content (AvgIpc) is 2.85. The second-order valence-corrected chi connectivity index (χ2v) is 4.99. The van der Waals surface area contributed by atoms with Crippen molar-refractivity contribution < 1.29 is 17.7 Å². The number of rotatable bonds is 5. The van der Waals surface area contributed by atoms with Crippen LogP contribution in [-0.4, -0.2) is 12.2 Å². The third-order valence-corrected chi connectivity index (χ3v) is 3.48. The van der Waals surface area contributed by atoms with Gasteiger partial charge in [0.2, 0.25) is 0 Å². The highest BCUT2D eigenvalue weighted by atomic mass is 35.5. The minimum absolute atomic E-state index is 0.0216. The minimum Gasteiger partial charge on any atom is -0.283 e. The van der Waals surface area contributed by atoms with Gasteiger partial charge in [-0.15, -0.1) is 0 Å². The molecule has 0 heterocycles. The Morgan fingerprint density at radius 3 is 1.75 bits per heavy atom. The zero-order valence-corrected chi connectivity index (χ0v) is 8.09.